The number of carbonyl (C=O) groups excluding carboxylic acids is 1. The van der Waals surface area contributed by atoms with Gasteiger partial charge in [-0.25, -0.2) is 4.98 Å². The third kappa shape index (κ3) is 3.55. The first-order valence-electron chi connectivity index (χ1n) is 7.97. The summed E-state index contributed by atoms with van der Waals surface area (Å²) in [6.07, 6.45) is 2.06. The van der Waals surface area contributed by atoms with Gasteiger partial charge in [0.2, 0.25) is 0 Å². The zero-order chi connectivity index (χ0) is 17.8. The molecule has 2 aromatic rings. The van der Waals surface area contributed by atoms with E-state index >= 15 is 0 Å². The Kier molecular flexibility index (Phi) is 4.83. The number of aliphatic carboxylic acids is 1. The van der Waals surface area contributed by atoms with Gasteiger partial charge in [0.05, 0.1) is 24.3 Å². The molecule has 0 saturated carbocycles. The number of carbonyl (C=O) groups is 2. The first-order chi connectivity index (χ1) is 12.1. The number of nitrogens with one attached hydrogen (secondary N) is 1. The van der Waals surface area contributed by atoms with Crippen LogP contribution >= 0.6 is 0 Å². The van der Waals surface area contributed by atoms with Crippen LogP contribution in [0.2, 0.25) is 0 Å². The van der Waals surface area contributed by atoms with Gasteiger partial charge < -0.3 is 20.1 Å². The van der Waals surface area contributed by atoms with Gasteiger partial charge in [-0.2, -0.15) is 0 Å². The van der Waals surface area contributed by atoms with E-state index in [1.807, 2.05) is 24.3 Å². The molecule has 1 aliphatic rings. The number of hydrogen-bond acceptors (Lipinski definition) is 5. The number of ether oxygens (including phenoxy) is 1. The number of carboxylic acid groups (broad SMARTS) is 1. The second-order valence-electron chi connectivity index (χ2n) is 5.80. The summed E-state index contributed by atoms with van der Waals surface area (Å²) in [4.78, 5) is 29.7. The Morgan fingerprint density at radius 3 is 2.80 bits per heavy atom. The van der Waals surface area contributed by atoms with Crippen molar-refractivity contribution in [2.45, 2.75) is 6.42 Å². The van der Waals surface area contributed by atoms with E-state index in [4.69, 9.17) is 9.84 Å². The van der Waals surface area contributed by atoms with E-state index in [1.54, 1.807) is 30.3 Å². The van der Waals surface area contributed by atoms with Crippen LogP contribution in [0.15, 0.2) is 42.6 Å². The minimum atomic E-state index is -0.867. The van der Waals surface area contributed by atoms with Crippen molar-refractivity contribution in [2.24, 2.45) is 5.92 Å². The van der Waals surface area contributed by atoms with Crippen LogP contribution < -0.4 is 10.1 Å². The lowest BCUT2D eigenvalue weighted by molar-refractivity contribution is -0.141. The van der Waals surface area contributed by atoms with Crippen LogP contribution in [0.3, 0.4) is 0 Å². The second-order valence-corrected chi connectivity index (χ2v) is 5.80. The molecule has 2 heterocycles. The summed E-state index contributed by atoms with van der Waals surface area (Å²) in [6, 6.07) is 10.7. The molecule has 7 heteroatoms. The molecule has 0 radical (unpaired) electrons. The zero-order valence-corrected chi connectivity index (χ0v) is 13.8. The fraction of sp³-hybridized carbons (Fsp3) is 0.278. The van der Waals surface area contributed by atoms with Crippen LogP contribution in [-0.2, 0) is 4.79 Å². The number of likely N-dealkylation sites (tertiary alicyclic amines) is 1. The van der Waals surface area contributed by atoms with E-state index < -0.39 is 11.9 Å². The zero-order valence-electron chi connectivity index (χ0n) is 13.8. The van der Waals surface area contributed by atoms with Gasteiger partial charge in [0.15, 0.2) is 0 Å². The Hall–Kier alpha value is -3.09. The van der Waals surface area contributed by atoms with E-state index in [0.29, 0.717) is 35.8 Å². The molecule has 1 saturated heterocycles. The molecule has 0 spiro atoms. The maximum Gasteiger partial charge on any atom is 0.308 e. The summed E-state index contributed by atoms with van der Waals surface area (Å²) in [6.45, 7) is 0.649. The minimum absolute atomic E-state index is 0.219. The molecule has 7 nitrogen and oxygen atoms in total. The Morgan fingerprint density at radius 2 is 2.08 bits per heavy atom. The summed E-state index contributed by atoms with van der Waals surface area (Å²) in [5.41, 5.74) is 1.10. The quantitative estimate of drug-likeness (QED) is 0.867. The Morgan fingerprint density at radius 1 is 1.28 bits per heavy atom. The number of methoxy groups -OCH3 is 1. The summed E-state index contributed by atoms with van der Waals surface area (Å²) in [5, 5.41) is 12.2. The van der Waals surface area contributed by atoms with Crippen molar-refractivity contribution in [1.29, 1.82) is 0 Å². The molecule has 1 unspecified atom stereocenters. The molecule has 130 valence electrons. The molecule has 25 heavy (non-hydrogen) atoms. The second kappa shape index (κ2) is 7.21. The molecule has 2 N–H and O–H groups in total. The van der Waals surface area contributed by atoms with E-state index in [2.05, 4.69) is 10.3 Å². The Bertz CT molecular complexity index is 793. The van der Waals surface area contributed by atoms with Gasteiger partial charge >= 0.3 is 5.97 Å². The summed E-state index contributed by atoms with van der Waals surface area (Å²) in [7, 11) is 1.57. The summed E-state index contributed by atoms with van der Waals surface area (Å²) < 4.78 is 5.31. The highest BCUT2D eigenvalue weighted by Crippen LogP contribution is 2.28. The topological polar surface area (TPSA) is 91.8 Å². The molecule has 1 amide bonds. The number of pyridine rings is 1. The van der Waals surface area contributed by atoms with E-state index in [9.17, 15) is 9.59 Å². The molecular formula is C18H19N3O4. The molecule has 3 rings (SSSR count). The van der Waals surface area contributed by atoms with Crippen LogP contribution in [0.5, 0.6) is 5.75 Å². The smallest absolute Gasteiger partial charge is 0.308 e. The molecule has 1 aromatic heterocycles. The van der Waals surface area contributed by atoms with Gasteiger partial charge in [-0.15, -0.1) is 0 Å². The number of hydrogen-bond donors (Lipinski definition) is 2. The Balaban J connectivity index is 1.84. The lowest BCUT2D eigenvalue weighted by Crippen LogP contribution is -2.30. The van der Waals surface area contributed by atoms with Gasteiger partial charge in [0, 0.05) is 19.3 Å². The molecule has 0 aliphatic carbocycles. The highest BCUT2D eigenvalue weighted by molar-refractivity contribution is 6.00. The normalized spacial score (nSPS) is 16.5. The average molecular weight is 341 g/mol. The number of aromatic nitrogens is 1. The van der Waals surface area contributed by atoms with Gasteiger partial charge in [-0.05, 0) is 30.7 Å². The van der Waals surface area contributed by atoms with Crippen molar-refractivity contribution >= 4 is 23.4 Å². The Labute approximate surface area is 145 Å². The van der Waals surface area contributed by atoms with E-state index in [0.717, 1.165) is 0 Å². The van der Waals surface area contributed by atoms with E-state index in [-0.39, 0.29) is 12.5 Å². The predicted octanol–water partition coefficient (Wildman–Crippen LogP) is 2.38. The maximum absolute atomic E-state index is 12.8. The predicted molar refractivity (Wildman–Crippen MR) is 92.2 cm³/mol. The number of para-hydroxylation sites is 2. The number of amides is 1. The molecule has 1 aromatic carbocycles. The van der Waals surface area contributed by atoms with Crippen molar-refractivity contribution in [3.63, 3.8) is 0 Å². The maximum atomic E-state index is 12.8. The minimum Gasteiger partial charge on any atom is -0.495 e. The number of nitrogens with zero attached hydrogens (tertiary/aromatic N) is 2. The number of anilines is 2. The monoisotopic (exact) mass is 341 g/mol. The molecule has 1 aliphatic heterocycles. The summed E-state index contributed by atoms with van der Waals surface area (Å²) >= 11 is 0. The van der Waals surface area contributed by atoms with Crippen LogP contribution in [0.4, 0.5) is 11.5 Å². The SMILES string of the molecule is COc1ccccc1Nc1ncccc1C(=O)N1CCC(C(=O)O)C1. The summed E-state index contributed by atoms with van der Waals surface area (Å²) in [5.74, 6) is -0.552. The van der Waals surface area contributed by atoms with Crippen LogP contribution in [0.1, 0.15) is 16.8 Å². The highest BCUT2D eigenvalue weighted by Gasteiger charge is 2.32. The fourth-order valence-corrected chi connectivity index (χ4v) is 2.87. The largest absolute Gasteiger partial charge is 0.495 e. The molecule has 0 bridgehead atoms. The van der Waals surface area contributed by atoms with Crippen LogP contribution in [0, 0.1) is 5.92 Å². The van der Waals surface area contributed by atoms with Crippen LogP contribution in [0.25, 0.3) is 0 Å². The number of benzene rings is 1. The van der Waals surface area contributed by atoms with Gasteiger partial charge in [-0.3, -0.25) is 9.59 Å². The molecular weight excluding hydrogens is 322 g/mol. The lowest BCUT2D eigenvalue weighted by atomic mass is 10.1. The first-order valence-corrected chi connectivity index (χ1v) is 7.97. The third-order valence-corrected chi connectivity index (χ3v) is 4.22. The first kappa shape index (κ1) is 16.8. The van der Waals surface area contributed by atoms with Gasteiger partial charge in [0.1, 0.15) is 11.6 Å². The molecule has 1 fully saturated rings. The van der Waals surface area contributed by atoms with Gasteiger partial charge in [0.25, 0.3) is 5.91 Å². The number of rotatable bonds is 5. The van der Waals surface area contributed by atoms with E-state index in [1.165, 1.54) is 0 Å². The van der Waals surface area contributed by atoms with Crippen molar-refractivity contribution in [2.75, 3.05) is 25.5 Å². The highest BCUT2D eigenvalue weighted by atomic mass is 16.5. The fourth-order valence-electron chi connectivity index (χ4n) is 2.87. The van der Waals surface area contributed by atoms with Crippen molar-refractivity contribution in [3.05, 3.63) is 48.2 Å². The van der Waals surface area contributed by atoms with Crippen molar-refractivity contribution < 1.29 is 19.4 Å². The van der Waals surface area contributed by atoms with Crippen molar-refractivity contribution in [1.82, 2.24) is 9.88 Å². The van der Waals surface area contributed by atoms with Crippen LogP contribution in [-0.4, -0.2) is 47.1 Å². The van der Waals surface area contributed by atoms with Gasteiger partial charge in [-0.1, -0.05) is 12.1 Å². The standard InChI is InChI=1S/C18H19N3O4/c1-25-15-7-3-2-6-14(15)20-16-13(5-4-9-19-16)17(22)21-10-8-12(11-21)18(23)24/h2-7,9,12H,8,10-11H2,1H3,(H,19,20)(H,23,24). The molecule has 1 atom stereocenters. The number of carboxylic acids is 1. The average Bonchev–Trinajstić information content (AvgIpc) is 3.12. The third-order valence-electron chi connectivity index (χ3n) is 4.22. The lowest BCUT2D eigenvalue weighted by Gasteiger charge is -2.18. The van der Waals surface area contributed by atoms with Crippen molar-refractivity contribution in [3.8, 4) is 5.75 Å².